The molecule has 0 aromatic heterocycles. The molecule has 0 saturated carbocycles. The number of nitrogens with one attached hydrogen (secondary N) is 1. The van der Waals surface area contributed by atoms with Crippen LogP contribution in [-0.4, -0.2) is 22.1 Å². The Labute approximate surface area is 97.7 Å². The monoisotopic (exact) mass is 240 g/mol. The number of amides is 1. The highest BCUT2D eigenvalue weighted by Gasteiger charge is 2.03. The van der Waals surface area contributed by atoms with Gasteiger partial charge in [-0.15, -0.1) is 0 Å². The summed E-state index contributed by atoms with van der Waals surface area (Å²) in [6.45, 7) is 0.489. The predicted octanol–water partition coefficient (Wildman–Crippen LogP) is 0.852. The van der Waals surface area contributed by atoms with Crippen LogP contribution in [0.4, 0.5) is 5.69 Å². The minimum atomic E-state index is -0.927. The molecule has 16 heavy (non-hydrogen) atoms. The molecule has 88 valence electrons. The zero-order valence-electron chi connectivity index (χ0n) is 9.23. The van der Waals surface area contributed by atoms with Crippen molar-refractivity contribution in [1.29, 1.82) is 0 Å². The fourth-order valence-corrected chi connectivity index (χ4v) is 1.66. The summed E-state index contributed by atoms with van der Waals surface area (Å²) < 4.78 is 10.8. The summed E-state index contributed by atoms with van der Waals surface area (Å²) >= 11 is 0. The van der Waals surface area contributed by atoms with Crippen LogP contribution in [0.25, 0.3) is 0 Å². The van der Waals surface area contributed by atoms with Gasteiger partial charge in [0.1, 0.15) is 0 Å². The van der Waals surface area contributed by atoms with Gasteiger partial charge < -0.3 is 11.1 Å². The van der Waals surface area contributed by atoms with Gasteiger partial charge in [0, 0.05) is 41.5 Å². The Morgan fingerprint density at radius 1 is 1.38 bits per heavy atom. The van der Waals surface area contributed by atoms with E-state index in [1.54, 1.807) is 6.26 Å². The van der Waals surface area contributed by atoms with Crippen LogP contribution >= 0.6 is 0 Å². The summed E-state index contributed by atoms with van der Waals surface area (Å²) in [6.07, 6.45) is 1.87. The molecule has 5 heteroatoms. The maximum absolute atomic E-state index is 11.4. The lowest BCUT2D eigenvalue weighted by Gasteiger charge is -2.05. The molecule has 0 heterocycles. The number of hydrogen-bond donors (Lipinski definition) is 2. The topological polar surface area (TPSA) is 72.2 Å². The van der Waals surface area contributed by atoms with Crippen LogP contribution in [0.1, 0.15) is 12.0 Å². The molecule has 1 unspecified atom stereocenters. The van der Waals surface area contributed by atoms with Crippen molar-refractivity contribution in [3.63, 3.8) is 0 Å². The molecule has 1 aromatic rings. The van der Waals surface area contributed by atoms with E-state index in [1.807, 2.05) is 24.3 Å². The third kappa shape index (κ3) is 4.55. The van der Waals surface area contributed by atoms with Crippen LogP contribution < -0.4 is 11.1 Å². The number of anilines is 1. The van der Waals surface area contributed by atoms with Crippen molar-refractivity contribution in [2.24, 2.45) is 5.73 Å². The molecule has 0 spiro atoms. The highest BCUT2D eigenvalue weighted by atomic mass is 32.2. The maximum Gasteiger partial charge on any atom is 0.225 e. The average Bonchev–Trinajstić information content (AvgIpc) is 2.27. The smallest absolute Gasteiger partial charge is 0.225 e. The van der Waals surface area contributed by atoms with Gasteiger partial charge in [0.25, 0.3) is 0 Å². The quantitative estimate of drug-likeness (QED) is 0.801. The van der Waals surface area contributed by atoms with E-state index >= 15 is 0 Å². The third-order valence-corrected chi connectivity index (χ3v) is 2.87. The maximum atomic E-state index is 11.4. The second kappa shape index (κ2) is 6.40. The lowest BCUT2D eigenvalue weighted by Crippen LogP contribution is -2.14. The highest BCUT2D eigenvalue weighted by Crippen LogP contribution is 2.09. The van der Waals surface area contributed by atoms with Crippen LogP contribution in [0, 0.1) is 0 Å². The van der Waals surface area contributed by atoms with Gasteiger partial charge in [-0.25, -0.2) is 0 Å². The Kier molecular flexibility index (Phi) is 5.14. The van der Waals surface area contributed by atoms with Crippen molar-refractivity contribution >= 4 is 22.4 Å². The number of carbonyl (C=O) groups excluding carboxylic acids is 1. The molecular formula is C11H16N2O2S. The van der Waals surface area contributed by atoms with Crippen LogP contribution in [-0.2, 0) is 22.1 Å². The SMILES string of the molecule is CS(=O)CCC(=O)Nc1ccc(CN)cc1. The Morgan fingerprint density at radius 2 is 2.00 bits per heavy atom. The van der Waals surface area contributed by atoms with E-state index in [9.17, 15) is 9.00 Å². The van der Waals surface area contributed by atoms with E-state index in [0.29, 0.717) is 12.3 Å². The summed E-state index contributed by atoms with van der Waals surface area (Å²) in [5, 5.41) is 2.73. The summed E-state index contributed by atoms with van der Waals surface area (Å²) in [5.41, 5.74) is 7.22. The molecule has 0 saturated heterocycles. The third-order valence-electron chi connectivity index (χ3n) is 2.09. The Morgan fingerprint density at radius 3 is 2.50 bits per heavy atom. The molecule has 0 aliphatic carbocycles. The predicted molar refractivity (Wildman–Crippen MR) is 66.5 cm³/mol. The average molecular weight is 240 g/mol. The van der Waals surface area contributed by atoms with Crippen LogP contribution in [0.15, 0.2) is 24.3 Å². The molecule has 0 bridgehead atoms. The van der Waals surface area contributed by atoms with Gasteiger partial charge in [-0.2, -0.15) is 0 Å². The molecule has 0 fully saturated rings. The molecule has 1 rings (SSSR count). The summed E-state index contributed by atoms with van der Waals surface area (Å²) in [6, 6.07) is 7.35. The van der Waals surface area contributed by atoms with Crippen LogP contribution in [0.3, 0.4) is 0 Å². The van der Waals surface area contributed by atoms with Gasteiger partial charge >= 0.3 is 0 Å². The van der Waals surface area contributed by atoms with Gasteiger partial charge in [-0.3, -0.25) is 9.00 Å². The largest absolute Gasteiger partial charge is 0.326 e. The number of benzene rings is 1. The van der Waals surface area contributed by atoms with Gasteiger partial charge in [-0.05, 0) is 17.7 Å². The Hall–Kier alpha value is -1.20. The highest BCUT2D eigenvalue weighted by molar-refractivity contribution is 7.84. The van der Waals surface area contributed by atoms with E-state index in [-0.39, 0.29) is 12.3 Å². The normalized spacial score (nSPS) is 12.1. The van der Waals surface area contributed by atoms with Gasteiger partial charge in [0.2, 0.25) is 5.91 Å². The summed E-state index contributed by atoms with van der Waals surface area (Å²) in [5.74, 6) is 0.280. The van der Waals surface area contributed by atoms with Crippen molar-refractivity contribution in [1.82, 2.24) is 0 Å². The Balaban J connectivity index is 2.46. The number of hydrogen-bond acceptors (Lipinski definition) is 3. The number of carbonyl (C=O) groups is 1. The lowest BCUT2D eigenvalue weighted by atomic mass is 10.2. The first-order chi connectivity index (χ1) is 7.61. The molecule has 4 nitrogen and oxygen atoms in total. The minimum absolute atomic E-state index is 0.115. The van der Waals surface area contributed by atoms with E-state index in [1.165, 1.54) is 0 Å². The standard InChI is InChI=1S/C11H16N2O2S/c1-16(15)7-6-11(14)13-10-4-2-9(8-12)3-5-10/h2-5H,6-8,12H2,1H3,(H,13,14). The number of nitrogens with two attached hydrogens (primary N) is 1. The van der Waals surface area contributed by atoms with Crippen LogP contribution in [0.2, 0.25) is 0 Å². The van der Waals surface area contributed by atoms with Gasteiger partial charge in [0.15, 0.2) is 0 Å². The van der Waals surface area contributed by atoms with Crippen molar-refractivity contribution in [3.8, 4) is 0 Å². The molecule has 0 radical (unpaired) electrons. The molecule has 3 N–H and O–H groups in total. The fraction of sp³-hybridized carbons (Fsp3) is 0.364. The first-order valence-electron chi connectivity index (χ1n) is 5.00. The molecular weight excluding hydrogens is 224 g/mol. The Bertz CT molecular complexity index is 376. The lowest BCUT2D eigenvalue weighted by molar-refractivity contribution is -0.115. The zero-order chi connectivity index (χ0) is 12.0. The minimum Gasteiger partial charge on any atom is -0.326 e. The summed E-state index contributed by atoms with van der Waals surface area (Å²) in [7, 11) is -0.927. The van der Waals surface area contributed by atoms with Crippen molar-refractivity contribution < 1.29 is 9.00 Å². The second-order valence-corrected chi connectivity index (χ2v) is 5.03. The second-order valence-electron chi connectivity index (χ2n) is 3.48. The van der Waals surface area contributed by atoms with Crippen molar-refractivity contribution in [2.75, 3.05) is 17.3 Å². The zero-order valence-corrected chi connectivity index (χ0v) is 10.0. The van der Waals surface area contributed by atoms with E-state index in [0.717, 1.165) is 11.3 Å². The fourth-order valence-electron chi connectivity index (χ4n) is 1.18. The van der Waals surface area contributed by atoms with Crippen molar-refractivity contribution in [3.05, 3.63) is 29.8 Å². The van der Waals surface area contributed by atoms with E-state index in [4.69, 9.17) is 5.73 Å². The molecule has 0 aliphatic heterocycles. The first kappa shape index (κ1) is 12.9. The number of rotatable bonds is 5. The van der Waals surface area contributed by atoms with E-state index < -0.39 is 10.8 Å². The summed E-state index contributed by atoms with van der Waals surface area (Å²) in [4.78, 5) is 11.4. The first-order valence-corrected chi connectivity index (χ1v) is 6.73. The van der Waals surface area contributed by atoms with Crippen molar-refractivity contribution in [2.45, 2.75) is 13.0 Å². The molecule has 1 amide bonds. The molecule has 1 aromatic carbocycles. The van der Waals surface area contributed by atoms with E-state index in [2.05, 4.69) is 5.32 Å². The van der Waals surface area contributed by atoms with Gasteiger partial charge in [-0.1, -0.05) is 12.1 Å². The van der Waals surface area contributed by atoms with Crippen LogP contribution in [0.5, 0.6) is 0 Å². The molecule has 0 aliphatic rings. The van der Waals surface area contributed by atoms with Gasteiger partial charge in [0.05, 0.1) is 0 Å². The molecule has 1 atom stereocenters.